The number of aryl methyl sites for hydroxylation is 1. The number of benzene rings is 2. The second-order valence-electron chi connectivity index (χ2n) is 5.92. The minimum Gasteiger partial charge on any atom is -0.496 e. The molecular weight excluding hydrogens is 330 g/mol. The van der Waals surface area contributed by atoms with Crippen molar-refractivity contribution in [2.45, 2.75) is 19.9 Å². The minimum atomic E-state index is -0.184. The van der Waals surface area contributed by atoms with Crippen molar-refractivity contribution in [3.63, 3.8) is 0 Å². The average Bonchev–Trinajstić information content (AvgIpc) is 2.65. The van der Waals surface area contributed by atoms with E-state index in [0.717, 1.165) is 22.4 Å². The molecule has 0 fully saturated rings. The summed E-state index contributed by atoms with van der Waals surface area (Å²) in [5.41, 5.74) is 2.90. The molecule has 0 aromatic heterocycles. The molecule has 0 unspecified atom stereocenters. The van der Waals surface area contributed by atoms with Crippen LogP contribution in [-0.2, 0) is 4.79 Å². The maximum atomic E-state index is 12.3. The van der Waals surface area contributed by atoms with E-state index in [4.69, 9.17) is 14.2 Å². The lowest BCUT2D eigenvalue weighted by Crippen LogP contribution is -2.25. The van der Waals surface area contributed by atoms with Crippen LogP contribution in [0.15, 0.2) is 42.5 Å². The van der Waals surface area contributed by atoms with Gasteiger partial charge in [-0.05, 0) is 43.7 Å². The summed E-state index contributed by atoms with van der Waals surface area (Å²) in [6.45, 7) is 3.94. The molecule has 0 aliphatic heterocycles. The molecule has 5 nitrogen and oxygen atoms in total. The predicted octanol–water partition coefficient (Wildman–Crippen LogP) is 3.91. The molecule has 0 heterocycles. The predicted molar refractivity (Wildman–Crippen MR) is 103 cm³/mol. The summed E-state index contributed by atoms with van der Waals surface area (Å²) >= 11 is 0. The molecule has 1 atom stereocenters. The third-order valence-corrected chi connectivity index (χ3v) is 4.05. The first kappa shape index (κ1) is 19.4. The van der Waals surface area contributed by atoms with Gasteiger partial charge in [0.1, 0.15) is 5.75 Å². The van der Waals surface area contributed by atoms with Crippen LogP contribution in [0.4, 0.5) is 0 Å². The zero-order valence-corrected chi connectivity index (χ0v) is 15.8. The van der Waals surface area contributed by atoms with E-state index in [0.29, 0.717) is 11.5 Å². The molecule has 2 aromatic carbocycles. The SMILES string of the molecule is COc1ccc(/C=C/C(=O)N[C@@H](C)c2cc(C)ccc2OC)cc1OC. The molecule has 5 heteroatoms. The Morgan fingerprint density at radius 1 is 0.962 bits per heavy atom. The van der Waals surface area contributed by atoms with Crippen molar-refractivity contribution in [2.24, 2.45) is 0 Å². The van der Waals surface area contributed by atoms with E-state index in [1.807, 2.05) is 44.2 Å². The van der Waals surface area contributed by atoms with Crippen molar-refractivity contribution < 1.29 is 19.0 Å². The zero-order valence-electron chi connectivity index (χ0n) is 15.8. The van der Waals surface area contributed by atoms with Crippen molar-refractivity contribution in [3.05, 3.63) is 59.2 Å². The van der Waals surface area contributed by atoms with E-state index < -0.39 is 0 Å². The Morgan fingerprint density at radius 3 is 2.27 bits per heavy atom. The highest BCUT2D eigenvalue weighted by Crippen LogP contribution is 2.28. The van der Waals surface area contributed by atoms with E-state index >= 15 is 0 Å². The second-order valence-corrected chi connectivity index (χ2v) is 5.92. The molecule has 1 amide bonds. The van der Waals surface area contributed by atoms with Crippen molar-refractivity contribution in [2.75, 3.05) is 21.3 Å². The zero-order chi connectivity index (χ0) is 19.1. The van der Waals surface area contributed by atoms with E-state index in [1.54, 1.807) is 33.5 Å². The Hall–Kier alpha value is -2.95. The Bertz CT molecular complexity index is 799. The van der Waals surface area contributed by atoms with Gasteiger partial charge in [0.25, 0.3) is 0 Å². The smallest absolute Gasteiger partial charge is 0.244 e. The number of carbonyl (C=O) groups excluding carboxylic acids is 1. The fraction of sp³-hybridized carbons (Fsp3) is 0.286. The summed E-state index contributed by atoms with van der Waals surface area (Å²) < 4.78 is 15.9. The third kappa shape index (κ3) is 4.79. The van der Waals surface area contributed by atoms with Crippen LogP contribution in [0.5, 0.6) is 17.2 Å². The first-order valence-electron chi connectivity index (χ1n) is 8.33. The molecule has 0 aliphatic carbocycles. The van der Waals surface area contributed by atoms with Crippen LogP contribution >= 0.6 is 0 Å². The normalized spacial score (nSPS) is 11.9. The Balaban J connectivity index is 2.08. The molecule has 1 N–H and O–H groups in total. The Morgan fingerprint density at radius 2 is 1.62 bits per heavy atom. The third-order valence-electron chi connectivity index (χ3n) is 4.05. The molecule has 138 valence electrons. The molecule has 0 radical (unpaired) electrons. The average molecular weight is 355 g/mol. The number of hydrogen-bond acceptors (Lipinski definition) is 4. The first-order chi connectivity index (χ1) is 12.5. The first-order valence-corrected chi connectivity index (χ1v) is 8.33. The summed E-state index contributed by atoms with van der Waals surface area (Å²) in [6.07, 6.45) is 3.23. The van der Waals surface area contributed by atoms with Crippen LogP contribution in [0.2, 0.25) is 0 Å². The fourth-order valence-corrected chi connectivity index (χ4v) is 2.66. The quantitative estimate of drug-likeness (QED) is 0.765. The van der Waals surface area contributed by atoms with Crippen molar-refractivity contribution in [1.29, 1.82) is 0 Å². The summed E-state index contributed by atoms with van der Waals surface area (Å²) in [7, 11) is 4.79. The van der Waals surface area contributed by atoms with E-state index in [2.05, 4.69) is 5.32 Å². The summed E-state index contributed by atoms with van der Waals surface area (Å²) in [4.78, 5) is 12.3. The largest absolute Gasteiger partial charge is 0.496 e. The highest BCUT2D eigenvalue weighted by atomic mass is 16.5. The summed E-state index contributed by atoms with van der Waals surface area (Å²) in [5.74, 6) is 1.84. The standard InChI is InChI=1S/C21H25NO4/c1-14-6-9-18(24-3)17(12-14)15(2)22-21(23)11-8-16-7-10-19(25-4)20(13-16)26-5/h6-13,15H,1-5H3,(H,22,23)/b11-8+/t15-/m0/s1. The molecule has 2 rings (SSSR count). The van der Waals surface area contributed by atoms with Gasteiger partial charge in [-0.15, -0.1) is 0 Å². The number of hydrogen-bond donors (Lipinski definition) is 1. The van der Waals surface area contributed by atoms with Gasteiger partial charge in [-0.1, -0.05) is 23.8 Å². The lowest BCUT2D eigenvalue weighted by Gasteiger charge is -2.17. The van der Waals surface area contributed by atoms with Gasteiger partial charge >= 0.3 is 0 Å². The van der Waals surface area contributed by atoms with Gasteiger partial charge in [-0.25, -0.2) is 0 Å². The van der Waals surface area contributed by atoms with Crippen molar-refractivity contribution in [3.8, 4) is 17.2 Å². The van der Waals surface area contributed by atoms with Gasteiger partial charge in [0, 0.05) is 11.6 Å². The molecule has 0 bridgehead atoms. The Kier molecular flexibility index (Phi) is 6.67. The number of rotatable bonds is 7. The van der Waals surface area contributed by atoms with Gasteiger partial charge in [0.05, 0.1) is 27.4 Å². The minimum absolute atomic E-state index is 0.174. The molecule has 0 aliphatic rings. The van der Waals surface area contributed by atoms with Gasteiger partial charge in [-0.3, -0.25) is 4.79 Å². The van der Waals surface area contributed by atoms with Crippen LogP contribution in [0.1, 0.15) is 29.7 Å². The fourth-order valence-electron chi connectivity index (χ4n) is 2.66. The number of amides is 1. The molecule has 0 saturated heterocycles. The van der Waals surface area contributed by atoms with E-state index in [-0.39, 0.29) is 11.9 Å². The van der Waals surface area contributed by atoms with Crippen LogP contribution in [-0.4, -0.2) is 27.2 Å². The molecule has 2 aromatic rings. The molecule has 0 spiro atoms. The lowest BCUT2D eigenvalue weighted by atomic mass is 10.0. The molecule has 26 heavy (non-hydrogen) atoms. The van der Waals surface area contributed by atoms with Crippen LogP contribution < -0.4 is 19.5 Å². The van der Waals surface area contributed by atoms with Crippen LogP contribution in [0.25, 0.3) is 6.08 Å². The summed E-state index contributed by atoms with van der Waals surface area (Å²) in [6, 6.07) is 11.2. The monoisotopic (exact) mass is 355 g/mol. The van der Waals surface area contributed by atoms with Crippen LogP contribution in [0, 0.1) is 6.92 Å². The Labute approximate surface area is 154 Å². The number of nitrogens with one attached hydrogen (secondary N) is 1. The van der Waals surface area contributed by atoms with Gasteiger partial charge in [0.2, 0.25) is 5.91 Å². The van der Waals surface area contributed by atoms with Gasteiger partial charge in [0.15, 0.2) is 11.5 Å². The van der Waals surface area contributed by atoms with Crippen molar-refractivity contribution >= 4 is 12.0 Å². The van der Waals surface area contributed by atoms with Crippen molar-refractivity contribution in [1.82, 2.24) is 5.32 Å². The maximum Gasteiger partial charge on any atom is 0.244 e. The van der Waals surface area contributed by atoms with E-state index in [9.17, 15) is 4.79 Å². The number of methoxy groups -OCH3 is 3. The maximum absolute atomic E-state index is 12.3. The lowest BCUT2D eigenvalue weighted by molar-refractivity contribution is -0.117. The second kappa shape index (κ2) is 8.94. The highest BCUT2D eigenvalue weighted by molar-refractivity contribution is 5.92. The van der Waals surface area contributed by atoms with Gasteiger partial charge in [-0.2, -0.15) is 0 Å². The topological polar surface area (TPSA) is 56.8 Å². The van der Waals surface area contributed by atoms with Crippen LogP contribution in [0.3, 0.4) is 0 Å². The molecule has 0 saturated carbocycles. The molecular formula is C21H25NO4. The summed E-state index contributed by atoms with van der Waals surface area (Å²) in [5, 5.41) is 2.96. The van der Waals surface area contributed by atoms with E-state index in [1.165, 1.54) is 6.08 Å². The number of ether oxygens (including phenoxy) is 3. The highest BCUT2D eigenvalue weighted by Gasteiger charge is 2.13. The van der Waals surface area contributed by atoms with Gasteiger partial charge < -0.3 is 19.5 Å². The number of carbonyl (C=O) groups is 1.